The van der Waals surface area contributed by atoms with Crippen LogP contribution in [0, 0.1) is 17.7 Å². The number of carbonyl (C=O) groups is 1. The summed E-state index contributed by atoms with van der Waals surface area (Å²) >= 11 is 0. The molecule has 0 amide bonds. The van der Waals surface area contributed by atoms with E-state index in [9.17, 15) is 14.3 Å². The van der Waals surface area contributed by atoms with Crippen molar-refractivity contribution >= 4 is 5.97 Å². The second-order valence-electron chi connectivity index (χ2n) is 9.35. The molecule has 6 heteroatoms. The number of pyridine rings is 1. The van der Waals surface area contributed by atoms with Gasteiger partial charge < -0.3 is 14.6 Å². The number of aliphatic carboxylic acids is 1. The maximum Gasteiger partial charge on any atom is 0.306 e. The van der Waals surface area contributed by atoms with Gasteiger partial charge in [-0.05, 0) is 52.5 Å². The summed E-state index contributed by atoms with van der Waals surface area (Å²) in [5.74, 6) is -0.662. The summed E-state index contributed by atoms with van der Waals surface area (Å²) in [6.45, 7) is 2.33. The Labute approximate surface area is 198 Å². The first-order valence-corrected chi connectivity index (χ1v) is 11.7. The van der Waals surface area contributed by atoms with Crippen LogP contribution in [0.1, 0.15) is 54.0 Å². The van der Waals surface area contributed by atoms with E-state index in [4.69, 9.17) is 9.47 Å². The van der Waals surface area contributed by atoms with Gasteiger partial charge in [-0.25, -0.2) is 9.37 Å². The summed E-state index contributed by atoms with van der Waals surface area (Å²) in [6, 6.07) is 15.7. The molecule has 0 saturated heterocycles. The van der Waals surface area contributed by atoms with Crippen LogP contribution >= 0.6 is 0 Å². The van der Waals surface area contributed by atoms with Gasteiger partial charge in [-0.2, -0.15) is 0 Å². The molecule has 2 heterocycles. The Balaban J connectivity index is 1.37. The van der Waals surface area contributed by atoms with E-state index >= 15 is 0 Å². The van der Waals surface area contributed by atoms with Crippen molar-refractivity contribution in [2.75, 3.05) is 7.11 Å². The number of ether oxygens (including phenoxy) is 2. The van der Waals surface area contributed by atoms with Gasteiger partial charge in [0.15, 0.2) is 0 Å². The summed E-state index contributed by atoms with van der Waals surface area (Å²) in [5, 5.41) is 9.62. The number of hydrogen-bond donors (Lipinski definition) is 1. The highest BCUT2D eigenvalue weighted by Crippen LogP contribution is 2.47. The predicted molar refractivity (Wildman–Crippen MR) is 126 cm³/mol. The number of carboxylic acid groups (broad SMARTS) is 1. The third-order valence-corrected chi connectivity index (χ3v) is 7.15. The van der Waals surface area contributed by atoms with Crippen molar-refractivity contribution in [3.8, 4) is 17.0 Å². The van der Waals surface area contributed by atoms with E-state index in [-0.39, 0.29) is 12.0 Å². The van der Waals surface area contributed by atoms with E-state index in [2.05, 4.69) is 23.2 Å². The van der Waals surface area contributed by atoms with Crippen LogP contribution in [-0.4, -0.2) is 23.2 Å². The Bertz CT molecular complexity index is 1210. The molecule has 0 radical (unpaired) electrons. The van der Waals surface area contributed by atoms with Gasteiger partial charge in [0, 0.05) is 18.1 Å². The van der Waals surface area contributed by atoms with Crippen LogP contribution in [-0.2, 0) is 22.6 Å². The van der Waals surface area contributed by atoms with Crippen molar-refractivity contribution in [2.45, 2.75) is 44.8 Å². The average Bonchev–Trinajstić information content (AvgIpc) is 3.69. The van der Waals surface area contributed by atoms with E-state index in [0.717, 1.165) is 41.5 Å². The van der Waals surface area contributed by atoms with Gasteiger partial charge in [-0.1, -0.05) is 49.4 Å². The third kappa shape index (κ3) is 4.42. The summed E-state index contributed by atoms with van der Waals surface area (Å²) in [5.41, 5.74) is 5.70. The fourth-order valence-electron chi connectivity index (χ4n) is 5.05. The highest BCUT2D eigenvalue weighted by Gasteiger charge is 2.39. The number of rotatable bonds is 7. The van der Waals surface area contributed by atoms with Crippen LogP contribution in [0.15, 0.2) is 54.7 Å². The number of halogens is 1. The van der Waals surface area contributed by atoms with Crippen LogP contribution < -0.4 is 4.74 Å². The summed E-state index contributed by atoms with van der Waals surface area (Å²) in [4.78, 5) is 15.6. The van der Waals surface area contributed by atoms with Crippen LogP contribution in [0.5, 0.6) is 5.88 Å². The van der Waals surface area contributed by atoms with Gasteiger partial charge in [0.05, 0.1) is 31.9 Å². The lowest BCUT2D eigenvalue weighted by atomic mass is 9.81. The van der Waals surface area contributed by atoms with Crippen LogP contribution in [0.3, 0.4) is 0 Å². The average molecular weight is 462 g/mol. The number of carboxylic acids is 1. The molecule has 2 aliphatic rings. The fraction of sp³-hybridized carbons (Fsp3) is 0.357. The van der Waals surface area contributed by atoms with E-state index in [0.29, 0.717) is 24.0 Å². The number of aromatic nitrogens is 1. The lowest BCUT2D eigenvalue weighted by Gasteiger charge is -2.28. The number of methoxy groups -OCH3 is 1. The molecule has 1 fully saturated rings. The van der Waals surface area contributed by atoms with Crippen molar-refractivity contribution in [1.29, 1.82) is 0 Å². The van der Waals surface area contributed by atoms with E-state index in [1.165, 1.54) is 18.9 Å². The minimum absolute atomic E-state index is 0.0515. The highest BCUT2D eigenvalue weighted by molar-refractivity contribution is 5.71. The van der Waals surface area contributed by atoms with Crippen LogP contribution in [0.25, 0.3) is 11.1 Å². The molecule has 1 N–H and O–H groups in total. The van der Waals surface area contributed by atoms with E-state index in [1.807, 2.05) is 31.2 Å². The molecule has 0 bridgehead atoms. The second-order valence-corrected chi connectivity index (χ2v) is 9.35. The molecule has 5 nitrogen and oxygen atoms in total. The normalized spacial score (nSPS) is 19.2. The predicted octanol–water partition coefficient (Wildman–Crippen LogP) is 5.92. The number of nitrogens with zero attached hydrogens (tertiary/aromatic N) is 1. The van der Waals surface area contributed by atoms with Crippen molar-refractivity contribution in [1.82, 2.24) is 4.98 Å². The molecule has 3 aromatic rings. The first-order chi connectivity index (χ1) is 16.4. The number of fused-ring (bicyclic) bond motifs is 1. The molecule has 34 heavy (non-hydrogen) atoms. The molecule has 1 aliphatic carbocycles. The van der Waals surface area contributed by atoms with Gasteiger partial charge in [0.1, 0.15) is 5.82 Å². The highest BCUT2D eigenvalue weighted by atomic mass is 19.1. The molecule has 1 aromatic heterocycles. The largest absolute Gasteiger partial charge is 0.481 e. The van der Waals surface area contributed by atoms with Gasteiger partial charge in [0.25, 0.3) is 0 Å². The van der Waals surface area contributed by atoms with E-state index in [1.54, 1.807) is 6.07 Å². The minimum atomic E-state index is -0.737. The maximum absolute atomic E-state index is 14.3. The van der Waals surface area contributed by atoms with Crippen molar-refractivity contribution < 1.29 is 23.8 Å². The monoisotopic (exact) mass is 461 g/mol. The lowest BCUT2D eigenvalue weighted by molar-refractivity contribution is -0.142. The zero-order valence-corrected chi connectivity index (χ0v) is 19.3. The molecule has 0 unspecified atom stereocenters. The summed E-state index contributed by atoms with van der Waals surface area (Å²) in [7, 11) is 1.51. The Hall–Kier alpha value is -3.25. The number of benzene rings is 2. The van der Waals surface area contributed by atoms with Crippen molar-refractivity contribution in [2.24, 2.45) is 11.8 Å². The molecular weight excluding hydrogens is 433 g/mol. The van der Waals surface area contributed by atoms with Gasteiger partial charge in [-0.15, -0.1) is 0 Å². The SMILES string of the molecule is COc1cc(-c2ccc([C@@H]3Cc4cc([C@H](C5CC5)[C@H](C)C(=O)O)ccc4CO3)cc2)c(F)cn1. The standard InChI is InChI=1S/C28H28FNO4/c1-16(28(31)32)27(19-7-8-19)20-9-10-21-15-34-25(12-22(21)11-20)18-5-3-17(4-6-18)23-13-26(33-2)30-14-24(23)29/h3-6,9-11,13-14,16,19,25,27H,7-8,12,15H2,1-2H3,(H,31,32)/t16-,25-,27-/m0/s1. The summed E-state index contributed by atoms with van der Waals surface area (Å²) < 4.78 is 25.6. The third-order valence-electron chi connectivity index (χ3n) is 7.15. The molecule has 0 spiro atoms. The van der Waals surface area contributed by atoms with Crippen molar-refractivity contribution in [3.05, 3.63) is 82.8 Å². The molecule has 5 rings (SSSR count). The van der Waals surface area contributed by atoms with Gasteiger partial charge in [-0.3, -0.25) is 4.79 Å². The topological polar surface area (TPSA) is 68.7 Å². The Kier molecular flexibility index (Phi) is 6.09. The first-order valence-electron chi connectivity index (χ1n) is 11.7. The van der Waals surface area contributed by atoms with Crippen LogP contribution in [0.2, 0.25) is 0 Å². The quantitative estimate of drug-likeness (QED) is 0.473. The zero-order valence-electron chi connectivity index (χ0n) is 19.3. The van der Waals surface area contributed by atoms with Crippen LogP contribution in [0.4, 0.5) is 4.39 Å². The first kappa shape index (κ1) is 22.5. The van der Waals surface area contributed by atoms with E-state index < -0.39 is 17.7 Å². The zero-order chi connectivity index (χ0) is 23.8. The van der Waals surface area contributed by atoms with Crippen molar-refractivity contribution in [3.63, 3.8) is 0 Å². The molecule has 3 atom stereocenters. The molecule has 1 saturated carbocycles. The summed E-state index contributed by atoms with van der Waals surface area (Å²) in [6.07, 6.45) is 3.98. The fourth-order valence-corrected chi connectivity index (χ4v) is 5.05. The molecule has 1 aliphatic heterocycles. The maximum atomic E-state index is 14.3. The van der Waals surface area contributed by atoms with Gasteiger partial charge >= 0.3 is 5.97 Å². The lowest BCUT2D eigenvalue weighted by Crippen LogP contribution is -2.22. The van der Waals surface area contributed by atoms with Gasteiger partial charge in [0.2, 0.25) is 5.88 Å². The smallest absolute Gasteiger partial charge is 0.306 e. The molecule has 176 valence electrons. The Morgan fingerprint density at radius 1 is 1.15 bits per heavy atom. The Morgan fingerprint density at radius 3 is 2.59 bits per heavy atom. The minimum Gasteiger partial charge on any atom is -0.481 e. The molecular formula is C28H28FNO4. The Morgan fingerprint density at radius 2 is 1.91 bits per heavy atom. The second kappa shape index (κ2) is 9.18. The molecule has 2 aromatic carbocycles. The number of hydrogen-bond acceptors (Lipinski definition) is 4.